The van der Waals surface area contributed by atoms with Crippen LogP contribution in [0.2, 0.25) is 0 Å². The van der Waals surface area contributed by atoms with Crippen LogP contribution >= 0.6 is 0 Å². The lowest BCUT2D eigenvalue weighted by molar-refractivity contribution is 0.0952. The van der Waals surface area contributed by atoms with E-state index in [0.717, 1.165) is 6.42 Å². The Labute approximate surface area is 79.3 Å². The zero-order chi connectivity index (χ0) is 9.26. The summed E-state index contributed by atoms with van der Waals surface area (Å²) in [5, 5.41) is 18.5. The lowest BCUT2D eigenvalue weighted by Gasteiger charge is -2.25. The molecule has 0 amide bonds. The van der Waals surface area contributed by atoms with E-state index in [9.17, 15) is 10.2 Å². The number of hydrogen-bond donors (Lipinski definition) is 2. The van der Waals surface area contributed by atoms with Crippen molar-refractivity contribution in [2.75, 3.05) is 13.2 Å². The first-order chi connectivity index (χ1) is 6.35. The second-order valence-corrected chi connectivity index (χ2v) is 4.41. The Balaban J connectivity index is 2.16. The molecule has 4 atom stereocenters. The summed E-state index contributed by atoms with van der Waals surface area (Å²) >= 11 is 0. The number of rotatable bonds is 2. The average molecular weight is 182 g/mol. The maximum absolute atomic E-state index is 9.29. The first-order valence-electron chi connectivity index (χ1n) is 5.25. The quantitative estimate of drug-likeness (QED) is 0.630. The van der Waals surface area contributed by atoms with Gasteiger partial charge in [-0.2, -0.15) is 0 Å². The van der Waals surface area contributed by atoms with Gasteiger partial charge in [0.15, 0.2) is 0 Å². The molecule has 1 saturated carbocycles. The second-order valence-electron chi connectivity index (χ2n) is 4.41. The summed E-state index contributed by atoms with van der Waals surface area (Å²) < 4.78 is 0. The largest absolute Gasteiger partial charge is 0.396 e. The van der Waals surface area contributed by atoms with Crippen molar-refractivity contribution in [3.63, 3.8) is 0 Å². The summed E-state index contributed by atoms with van der Waals surface area (Å²) in [6.45, 7) is 0.465. The fourth-order valence-electron chi connectivity index (χ4n) is 2.86. The van der Waals surface area contributed by atoms with E-state index in [-0.39, 0.29) is 13.2 Å². The molecule has 3 rings (SSSR count). The molecule has 74 valence electrons. The Morgan fingerprint density at radius 3 is 2.46 bits per heavy atom. The van der Waals surface area contributed by atoms with Gasteiger partial charge in [0, 0.05) is 13.2 Å². The number of allylic oxidation sites excluding steroid dienone is 2. The van der Waals surface area contributed by atoms with Crippen LogP contribution in [0.25, 0.3) is 0 Å². The molecule has 0 heterocycles. The molecule has 4 unspecified atom stereocenters. The lowest BCUT2D eigenvalue weighted by atomic mass is 9.82. The number of fused-ring (bicyclic) bond motifs is 3. The molecule has 2 N–H and O–H groups in total. The van der Waals surface area contributed by atoms with E-state index in [4.69, 9.17) is 0 Å². The first kappa shape index (κ1) is 9.22. The van der Waals surface area contributed by atoms with Crippen LogP contribution in [0, 0.1) is 23.7 Å². The second kappa shape index (κ2) is 3.81. The molecule has 0 radical (unpaired) electrons. The van der Waals surface area contributed by atoms with Gasteiger partial charge in [-0.25, -0.2) is 0 Å². The molecule has 0 aliphatic heterocycles. The normalized spacial score (nSPS) is 43.5. The van der Waals surface area contributed by atoms with Gasteiger partial charge in [-0.05, 0) is 42.9 Å². The molecule has 3 aliphatic carbocycles. The summed E-state index contributed by atoms with van der Waals surface area (Å²) in [6, 6.07) is 0. The molecular weight excluding hydrogens is 164 g/mol. The van der Waals surface area contributed by atoms with Gasteiger partial charge in [0.1, 0.15) is 0 Å². The monoisotopic (exact) mass is 182 g/mol. The maximum Gasteiger partial charge on any atom is 0.0468 e. The lowest BCUT2D eigenvalue weighted by Crippen LogP contribution is -2.26. The van der Waals surface area contributed by atoms with Crippen molar-refractivity contribution < 1.29 is 10.2 Å². The SMILES string of the molecule is OCC1CC2C=CC(CC2)C1CO. The zero-order valence-electron chi connectivity index (χ0n) is 7.89. The summed E-state index contributed by atoms with van der Waals surface area (Å²) in [5.74, 6) is 1.79. The minimum Gasteiger partial charge on any atom is -0.396 e. The Morgan fingerprint density at radius 1 is 1.08 bits per heavy atom. The summed E-state index contributed by atoms with van der Waals surface area (Å²) in [4.78, 5) is 0. The highest BCUT2D eigenvalue weighted by Crippen LogP contribution is 2.40. The van der Waals surface area contributed by atoms with E-state index in [1.165, 1.54) is 12.8 Å². The molecule has 0 aromatic carbocycles. The highest BCUT2D eigenvalue weighted by atomic mass is 16.3. The van der Waals surface area contributed by atoms with Crippen LogP contribution in [0.1, 0.15) is 19.3 Å². The number of hydrogen-bond acceptors (Lipinski definition) is 2. The standard InChI is InChI=1S/C11H18O2/c12-6-10-5-8-1-3-9(4-2-8)11(10)7-13/h1,3,8-13H,2,4-7H2. The summed E-state index contributed by atoms with van der Waals surface area (Å²) in [7, 11) is 0. The van der Waals surface area contributed by atoms with Gasteiger partial charge in [0.05, 0.1) is 0 Å². The molecule has 13 heavy (non-hydrogen) atoms. The predicted octanol–water partition coefficient (Wildman–Crippen LogP) is 1.19. The van der Waals surface area contributed by atoms with E-state index >= 15 is 0 Å². The smallest absolute Gasteiger partial charge is 0.0468 e. The van der Waals surface area contributed by atoms with Gasteiger partial charge in [-0.1, -0.05) is 12.2 Å². The first-order valence-corrected chi connectivity index (χ1v) is 5.25. The zero-order valence-corrected chi connectivity index (χ0v) is 7.89. The minimum absolute atomic E-state index is 0.229. The fourth-order valence-corrected chi connectivity index (χ4v) is 2.86. The fraction of sp³-hybridized carbons (Fsp3) is 0.818. The average Bonchev–Trinajstić information content (AvgIpc) is 2.45. The van der Waals surface area contributed by atoms with Gasteiger partial charge in [0.2, 0.25) is 0 Å². The van der Waals surface area contributed by atoms with Crippen LogP contribution in [0.4, 0.5) is 0 Å². The van der Waals surface area contributed by atoms with Crippen molar-refractivity contribution in [3.05, 3.63) is 12.2 Å². The Kier molecular flexibility index (Phi) is 2.70. The van der Waals surface area contributed by atoms with Crippen molar-refractivity contribution in [1.29, 1.82) is 0 Å². The molecule has 0 aromatic heterocycles. The van der Waals surface area contributed by atoms with Crippen molar-refractivity contribution in [3.8, 4) is 0 Å². The highest BCUT2D eigenvalue weighted by molar-refractivity contribution is 5.05. The number of aliphatic hydroxyl groups excluding tert-OH is 2. The van der Waals surface area contributed by atoms with E-state index in [0.29, 0.717) is 23.7 Å². The van der Waals surface area contributed by atoms with E-state index in [1.807, 2.05) is 0 Å². The van der Waals surface area contributed by atoms with Crippen LogP contribution in [0.15, 0.2) is 12.2 Å². The Morgan fingerprint density at radius 2 is 1.92 bits per heavy atom. The maximum atomic E-state index is 9.29. The molecule has 0 aromatic rings. The van der Waals surface area contributed by atoms with Gasteiger partial charge in [0.25, 0.3) is 0 Å². The van der Waals surface area contributed by atoms with Crippen molar-refractivity contribution >= 4 is 0 Å². The third kappa shape index (κ3) is 1.65. The van der Waals surface area contributed by atoms with Gasteiger partial charge in [-0.15, -0.1) is 0 Å². The highest BCUT2D eigenvalue weighted by Gasteiger charge is 2.34. The van der Waals surface area contributed by atoms with Crippen LogP contribution in [0.5, 0.6) is 0 Å². The van der Waals surface area contributed by atoms with Gasteiger partial charge in [-0.3, -0.25) is 0 Å². The Bertz CT molecular complexity index is 200. The van der Waals surface area contributed by atoms with E-state index in [1.54, 1.807) is 0 Å². The third-order valence-corrected chi connectivity index (χ3v) is 3.71. The summed E-state index contributed by atoms with van der Waals surface area (Å²) in [6.07, 6.45) is 8.04. The molecule has 0 saturated heterocycles. The van der Waals surface area contributed by atoms with Crippen LogP contribution < -0.4 is 0 Å². The van der Waals surface area contributed by atoms with Gasteiger partial charge >= 0.3 is 0 Å². The van der Waals surface area contributed by atoms with Gasteiger partial charge < -0.3 is 10.2 Å². The number of aliphatic hydroxyl groups is 2. The molecule has 3 aliphatic rings. The molecule has 0 spiro atoms. The van der Waals surface area contributed by atoms with Crippen molar-refractivity contribution in [2.45, 2.75) is 19.3 Å². The van der Waals surface area contributed by atoms with Crippen LogP contribution in [0.3, 0.4) is 0 Å². The van der Waals surface area contributed by atoms with Crippen LogP contribution in [-0.2, 0) is 0 Å². The molecular formula is C11H18O2. The van der Waals surface area contributed by atoms with Crippen LogP contribution in [-0.4, -0.2) is 23.4 Å². The van der Waals surface area contributed by atoms with Crippen molar-refractivity contribution in [2.24, 2.45) is 23.7 Å². The Hall–Kier alpha value is -0.340. The molecule has 1 fully saturated rings. The molecule has 2 heteroatoms. The minimum atomic E-state index is 0.229. The summed E-state index contributed by atoms with van der Waals surface area (Å²) in [5.41, 5.74) is 0. The molecule has 2 nitrogen and oxygen atoms in total. The topological polar surface area (TPSA) is 40.5 Å². The van der Waals surface area contributed by atoms with Crippen molar-refractivity contribution in [1.82, 2.24) is 0 Å². The third-order valence-electron chi connectivity index (χ3n) is 3.71. The van der Waals surface area contributed by atoms with E-state index in [2.05, 4.69) is 12.2 Å². The van der Waals surface area contributed by atoms with E-state index < -0.39 is 0 Å². The molecule has 2 bridgehead atoms. The predicted molar refractivity (Wildman–Crippen MR) is 51.1 cm³/mol.